The van der Waals surface area contributed by atoms with Gasteiger partial charge in [0.25, 0.3) is 5.91 Å². The number of carboxylic acid groups (broad SMARTS) is 1. The Labute approximate surface area is 146 Å². The standard InChI is InChI=1S/C19H21NO5/c1-24-13-14-5-2-3-6-17(14)19(23)20-15-8-10-16(11-9-15)25-12-4-7-18(21)22/h2-3,5-6,8-11H,4,7,12-13H2,1H3,(H,20,23)(H,21,22). The van der Waals surface area contributed by atoms with Gasteiger partial charge in [0.2, 0.25) is 0 Å². The molecule has 0 unspecified atom stereocenters. The molecule has 0 radical (unpaired) electrons. The number of carbonyl (C=O) groups is 2. The van der Waals surface area contributed by atoms with Gasteiger partial charge in [-0.15, -0.1) is 0 Å². The number of anilines is 1. The zero-order valence-corrected chi connectivity index (χ0v) is 14.0. The van der Waals surface area contributed by atoms with Crippen LogP contribution in [0.25, 0.3) is 0 Å². The zero-order valence-electron chi connectivity index (χ0n) is 14.0. The molecule has 0 aliphatic carbocycles. The summed E-state index contributed by atoms with van der Waals surface area (Å²) in [6, 6.07) is 14.2. The van der Waals surface area contributed by atoms with Crippen molar-refractivity contribution in [2.45, 2.75) is 19.4 Å². The summed E-state index contributed by atoms with van der Waals surface area (Å²) in [7, 11) is 1.59. The van der Waals surface area contributed by atoms with Crippen LogP contribution in [0.4, 0.5) is 5.69 Å². The normalized spacial score (nSPS) is 10.3. The maximum absolute atomic E-state index is 12.4. The summed E-state index contributed by atoms with van der Waals surface area (Å²) in [6.07, 6.45) is 0.527. The van der Waals surface area contributed by atoms with Gasteiger partial charge in [0, 0.05) is 24.8 Å². The largest absolute Gasteiger partial charge is 0.494 e. The van der Waals surface area contributed by atoms with Crippen molar-refractivity contribution in [2.75, 3.05) is 19.0 Å². The molecule has 2 rings (SSSR count). The van der Waals surface area contributed by atoms with E-state index in [9.17, 15) is 9.59 Å². The van der Waals surface area contributed by atoms with Gasteiger partial charge in [0.15, 0.2) is 0 Å². The molecule has 0 spiro atoms. The van der Waals surface area contributed by atoms with E-state index in [4.69, 9.17) is 14.6 Å². The average molecular weight is 343 g/mol. The van der Waals surface area contributed by atoms with Crippen molar-refractivity contribution in [1.29, 1.82) is 0 Å². The highest BCUT2D eigenvalue weighted by molar-refractivity contribution is 6.05. The quantitative estimate of drug-likeness (QED) is 0.682. The number of rotatable bonds is 9. The van der Waals surface area contributed by atoms with Crippen LogP contribution in [0.3, 0.4) is 0 Å². The van der Waals surface area contributed by atoms with Gasteiger partial charge in [-0.3, -0.25) is 9.59 Å². The lowest BCUT2D eigenvalue weighted by molar-refractivity contribution is -0.137. The molecule has 0 fully saturated rings. The molecular weight excluding hydrogens is 322 g/mol. The molecular formula is C19H21NO5. The van der Waals surface area contributed by atoms with Gasteiger partial charge < -0.3 is 19.9 Å². The van der Waals surface area contributed by atoms with E-state index in [1.807, 2.05) is 18.2 Å². The third kappa shape index (κ3) is 5.93. The van der Waals surface area contributed by atoms with E-state index in [0.717, 1.165) is 5.56 Å². The molecule has 6 nitrogen and oxygen atoms in total. The van der Waals surface area contributed by atoms with Crippen LogP contribution in [0.1, 0.15) is 28.8 Å². The Hall–Kier alpha value is -2.86. The van der Waals surface area contributed by atoms with E-state index >= 15 is 0 Å². The summed E-state index contributed by atoms with van der Waals surface area (Å²) in [5.41, 5.74) is 2.04. The van der Waals surface area contributed by atoms with Crippen LogP contribution in [0, 0.1) is 0 Å². The zero-order chi connectivity index (χ0) is 18.1. The molecule has 132 valence electrons. The summed E-state index contributed by atoms with van der Waals surface area (Å²) < 4.78 is 10.6. The summed E-state index contributed by atoms with van der Waals surface area (Å²) >= 11 is 0. The number of hydrogen-bond acceptors (Lipinski definition) is 4. The lowest BCUT2D eigenvalue weighted by Crippen LogP contribution is -2.14. The maximum Gasteiger partial charge on any atom is 0.303 e. The third-order valence-corrected chi connectivity index (χ3v) is 3.48. The van der Waals surface area contributed by atoms with E-state index in [0.29, 0.717) is 36.6 Å². The minimum Gasteiger partial charge on any atom is -0.494 e. The average Bonchev–Trinajstić information content (AvgIpc) is 2.60. The second kappa shape index (κ2) is 9.44. The molecule has 0 saturated heterocycles. The number of carboxylic acids is 1. The lowest BCUT2D eigenvalue weighted by Gasteiger charge is -2.10. The molecule has 25 heavy (non-hydrogen) atoms. The number of aliphatic carboxylic acids is 1. The number of hydrogen-bond donors (Lipinski definition) is 2. The van der Waals surface area contributed by atoms with E-state index in [1.54, 1.807) is 37.4 Å². The van der Waals surface area contributed by atoms with Crippen LogP contribution in [0.2, 0.25) is 0 Å². The Bertz CT molecular complexity index is 712. The minimum absolute atomic E-state index is 0.0784. The van der Waals surface area contributed by atoms with Gasteiger partial charge in [0.1, 0.15) is 5.75 Å². The maximum atomic E-state index is 12.4. The first-order chi connectivity index (χ1) is 12.1. The van der Waals surface area contributed by atoms with E-state index < -0.39 is 5.97 Å². The predicted molar refractivity (Wildman–Crippen MR) is 93.9 cm³/mol. The Morgan fingerprint density at radius 2 is 1.80 bits per heavy atom. The van der Waals surface area contributed by atoms with Crippen molar-refractivity contribution in [3.05, 3.63) is 59.7 Å². The number of methoxy groups -OCH3 is 1. The molecule has 0 saturated carbocycles. The van der Waals surface area contributed by atoms with Crippen molar-refractivity contribution in [1.82, 2.24) is 0 Å². The molecule has 0 bridgehead atoms. The molecule has 0 atom stereocenters. The van der Waals surface area contributed by atoms with Gasteiger partial charge >= 0.3 is 5.97 Å². The van der Waals surface area contributed by atoms with Gasteiger partial charge in [-0.1, -0.05) is 18.2 Å². The lowest BCUT2D eigenvalue weighted by atomic mass is 10.1. The van der Waals surface area contributed by atoms with Crippen LogP contribution in [0.15, 0.2) is 48.5 Å². The minimum atomic E-state index is -0.838. The first kappa shape index (κ1) is 18.5. The van der Waals surface area contributed by atoms with E-state index in [2.05, 4.69) is 5.32 Å². The third-order valence-electron chi connectivity index (χ3n) is 3.48. The molecule has 2 aromatic rings. The number of benzene rings is 2. The fraction of sp³-hybridized carbons (Fsp3) is 0.263. The van der Waals surface area contributed by atoms with Crippen LogP contribution in [-0.4, -0.2) is 30.7 Å². The SMILES string of the molecule is COCc1ccccc1C(=O)Nc1ccc(OCCCC(=O)O)cc1. The molecule has 2 N–H and O–H groups in total. The summed E-state index contributed by atoms with van der Waals surface area (Å²) in [5, 5.41) is 11.4. The van der Waals surface area contributed by atoms with Crippen LogP contribution < -0.4 is 10.1 Å². The van der Waals surface area contributed by atoms with Gasteiger partial charge in [-0.2, -0.15) is 0 Å². The molecule has 0 heterocycles. The highest BCUT2D eigenvalue weighted by atomic mass is 16.5. The molecule has 0 aromatic heterocycles. The fourth-order valence-corrected chi connectivity index (χ4v) is 2.27. The first-order valence-corrected chi connectivity index (χ1v) is 7.93. The molecule has 2 aromatic carbocycles. The topological polar surface area (TPSA) is 84.9 Å². The predicted octanol–water partition coefficient (Wildman–Crippen LogP) is 3.33. The number of ether oxygens (including phenoxy) is 2. The van der Waals surface area contributed by atoms with Crippen LogP contribution >= 0.6 is 0 Å². The highest BCUT2D eigenvalue weighted by Crippen LogP contribution is 2.18. The van der Waals surface area contributed by atoms with Gasteiger partial charge in [0.05, 0.1) is 13.2 Å². The second-order valence-electron chi connectivity index (χ2n) is 5.41. The van der Waals surface area contributed by atoms with Crippen molar-refractivity contribution in [2.24, 2.45) is 0 Å². The number of nitrogens with one attached hydrogen (secondary N) is 1. The van der Waals surface area contributed by atoms with Gasteiger partial charge in [-0.25, -0.2) is 0 Å². The fourth-order valence-electron chi connectivity index (χ4n) is 2.27. The Morgan fingerprint density at radius 1 is 1.08 bits per heavy atom. The number of amides is 1. The van der Waals surface area contributed by atoms with Crippen LogP contribution in [0.5, 0.6) is 5.75 Å². The smallest absolute Gasteiger partial charge is 0.303 e. The van der Waals surface area contributed by atoms with Crippen molar-refractivity contribution in [3.8, 4) is 5.75 Å². The van der Waals surface area contributed by atoms with Crippen molar-refractivity contribution in [3.63, 3.8) is 0 Å². The molecule has 6 heteroatoms. The molecule has 0 aliphatic heterocycles. The molecule has 0 aliphatic rings. The number of carbonyl (C=O) groups excluding carboxylic acids is 1. The second-order valence-corrected chi connectivity index (χ2v) is 5.41. The molecule has 1 amide bonds. The summed E-state index contributed by atoms with van der Waals surface area (Å²) in [4.78, 5) is 22.9. The van der Waals surface area contributed by atoms with E-state index in [1.165, 1.54) is 0 Å². The van der Waals surface area contributed by atoms with Crippen molar-refractivity contribution >= 4 is 17.6 Å². The van der Waals surface area contributed by atoms with Gasteiger partial charge in [-0.05, 0) is 42.3 Å². The summed E-state index contributed by atoms with van der Waals surface area (Å²) in [5.74, 6) is -0.415. The Morgan fingerprint density at radius 3 is 2.48 bits per heavy atom. The monoisotopic (exact) mass is 343 g/mol. The van der Waals surface area contributed by atoms with Crippen molar-refractivity contribution < 1.29 is 24.2 Å². The highest BCUT2D eigenvalue weighted by Gasteiger charge is 2.11. The first-order valence-electron chi connectivity index (χ1n) is 7.93. The van der Waals surface area contributed by atoms with Crippen LogP contribution in [-0.2, 0) is 16.1 Å². The van der Waals surface area contributed by atoms with E-state index in [-0.39, 0.29) is 12.3 Å². The Balaban J connectivity index is 1.92. The summed E-state index contributed by atoms with van der Waals surface area (Å²) in [6.45, 7) is 0.703. The Kier molecular flexibility index (Phi) is 6.98.